The van der Waals surface area contributed by atoms with Gasteiger partial charge in [0.1, 0.15) is 6.04 Å². The van der Waals surface area contributed by atoms with E-state index in [0.717, 1.165) is 25.3 Å². The fraction of sp³-hybridized carbons (Fsp3) is 0.909. The summed E-state index contributed by atoms with van der Waals surface area (Å²) in [5.74, 6) is 0.481. The molecule has 14 heavy (non-hydrogen) atoms. The number of carboxylic acids is 1. The molecule has 0 amide bonds. The van der Waals surface area contributed by atoms with Gasteiger partial charge in [-0.25, -0.2) is 0 Å². The van der Waals surface area contributed by atoms with Crippen LogP contribution < -0.4 is 5.32 Å². The number of nitrogens with one attached hydrogen (secondary N) is 1. The van der Waals surface area contributed by atoms with E-state index in [9.17, 15) is 4.79 Å². The van der Waals surface area contributed by atoms with Crippen LogP contribution in [0.2, 0.25) is 0 Å². The topological polar surface area (TPSA) is 49.3 Å². The maximum Gasteiger partial charge on any atom is 0.320 e. The lowest BCUT2D eigenvalue weighted by molar-refractivity contribution is -0.140. The van der Waals surface area contributed by atoms with Gasteiger partial charge in [-0.15, -0.1) is 0 Å². The Labute approximate surface area is 84.9 Å². The lowest BCUT2D eigenvalue weighted by Crippen LogP contribution is -2.40. The van der Waals surface area contributed by atoms with E-state index in [0.29, 0.717) is 5.92 Å². The lowest BCUT2D eigenvalue weighted by atomic mass is 10.1. The molecule has 1 atom stereocenters. The predicted molar refractivity (Wildman–Crippen MR) is 54.1 cm³/mol. The Morgan fingerprint density at radius 1 is 1.29 bits per heavy atom. The third-order valence-corrected chi connectivity index (χ3v) is 3.46. The molecule has 0 bridgehead atoms. The summed E-state index contributed by atoms with van der Waals surface area (Å²) in [4.78, 5) is 10.9. The molecule has 0 saturated heterocycles. The van der Waals surface area contributed by atoms with Crippen molar-refractivity contribution in [3.05, 3.63) is 0 Å². The number of aliphatic carboxylic acids is 1. The third kappa shape index (κ3) is 2.47. The van der Waals surface area contributed by atoms with Gasteiger partial charge in [-0.05, 0) is 44.1 Å². The minimum atomic E-state index is -0.662. The summed E-state index contributed by atoms with van der Waals surface area (Å²) in [6, 6.07) is -0.268. The van der Waals surface area contributed by atoms with Crippen molar-refractivity contribution >= 4 is 5.97 Å². The van der Waals surface area contributed by atoms with Gasteiger partial charge < -0.3 is 10.4 Å². The standard InChI is InChI=1S/C11H19NO2/c13-11(14)10(9-5-6-9)12-7-8-3-1-2-4-8/h8-10,12H,1-7H2,(H,13,14). The zero-order chi connectivity index (χ0) is 9.97. The molecule has 0 aliphatic heterocycles. The van der Waals surface area contributed by atoms with Crippen LogP contribution in [0.3, 0.4) is 0 Å². The van der Waals surface area contributed by atoms with Crippen molar-refractivity contribution in [3.8, 4) is 0 Å². The summed E-state index contributed by atoms with van der Waals surface area (Å²) in [5, 5.41) is 12.2. The number of carbonyl (C=O) groups is 1. The Hall–Kier alpha value is -0.570. The maximum atomic E-state index is 10.9. The predicted octanol–water partition coefficient (Wildman–Crippen LogP) is 1.63. The first-order valence-electron chi connectivity index (χ1n) is 5.73. The monoisotopic (exact) mass is 197 g/mol. The highest BCUT2D eigenvalue weighted by atomic mass is 16.4. The third-order valence-electron chi connectivity index (χ3n) is 3.46. The molecule has 1 unspecified atom stereocenters. The first kappa shape index (κ1) is 9.97. The Kier molecular flexibility index (Phi) is 3.06. The number of hydrogen-bond donors (Lipinski definition) is 2. The molecule has 0 aromatic rings. The highest BCUT2D eigenvalue weighted by Crippen LogP contribution is 2.33. The van der Waals surface area contributed by atoms with Crippen LogP contribution in [0.5, 0.6) is 0 Å². The largest absolute Gasteiger partial charge is 0.480 e. The van der Waals surface area contributed by atoms with Crippen molar-refractivity contribution < 1.29 is 9.90 Å². The normalized spacial score (nSPS) is 25.1. The second-order valence-electron chi connectivity index (χ2n) is 4.71. The van der Waals surface area contributed by atoms with E-state index in [1.165, 1.54) is 25.7 Å². The molecule has 2 N–H and O–H groups in total. The maximum absolute atomic E-state index is 10.9. The van der Waals surface area contributed by atoms with Gasteiger partial charge in [-0.3, -0.25) is 4.79 Å². The van der Waals surface area contributed by atoms with Crippen molar-refractivity contribution in [1.29, 1.82) is 0 Å². The van der Waals surface area contributed by atoms with E-state index >= 15 is 0 Å². The van der Waals surface area contributed by atoms with Crippen LogP contribution in [0.1, 0.15) is 38.5 Å². The minimum Gasteiger partial charge on any atom is -0.480 e. The highest BCUT2D eigenvalue weighted by molar-refractivity contribution is 5.74. The molecule has 2 rings (SSSR count). The summed E-state index contributed by atoms with van der Waals surface area (Å²) in [7, 11) is 0. The molecule has 2 aliphatic rings. The van der Waals surface area contributed by atoms with Crippen LogP contribution in [0.4, 0.5) is 0 Å². The molecule has 3 nitrogen and oxygen atoms in total. The van der Waals surface area contributed by atoms with Gasteiger partial charge in [0.25, 0.3) is 0 Å². The Bertz CT molecular complexity index is 207. The molecule has 3 heteroatoms. The van der Waals surface area contributed by atoms with Crippen LogP contribution in [0.15, 0.2) is 0 Å². The van der Waals surface area contributed by atoms with E-state index in [1.807, 2.05) is 0 Å². The molecule has 2 saturated carbocycles. The molecular formula is C11H19NO2. The molecular weight excluding hydrogens is 178 g/mol. The lowest BCUT2D eigenvalue weighted by Gasteiger charge is -2.16. The van der Waals surface area contributed by atoms with E-state index < -0.39 is 5.97 Å². The summed E-state index contributed by atoms with van der Waals surface area (Å²) < 4.78 is 0. The average molecular weight is 197 g/mol. The van der Waals surface area contributed by atoms with Crippen molar-refractivity contribution in [1.82, 2.24) is 5.32 Å². The van der Waals surface area contributed by atoms with E-state index in [2.05, 4.69) is 5.32 Å². The molecule has 0 spiro atoms. The average Bonchev–Trinajstić information content (AvgIpc) is 2.82. The fourth-order valence-electron chi connectivity index (χ4n) is 2.39. The molecule has 0 aromatic heterocycles. The zero-order valence-electron chi connectivity index (χ0n) is 8.54. The quantitative estimate of drug-likeness (QED) is 0.704. The van der Waals surface area contributed by atoms with Crippen molar-refractivity contribution in [2.45, 2.75) is 44.6 Å². The molecule has 0 aromatic carbocycles. The van der Waals surface area contributed by atoms with Crippen LogP contribution in [0, 0.1) is 11.8 Å². The molecule has 0 heterocycles. The molecule has 80 valence electrons. The van der Waals surface area contributed by atoms with E-state index in [-0.39, 0.29) is 6.04 Å². The van der Waals surface area contributed by atoms with E-state index in [1.54, 1.807) is 0 Å². The van der Waals surface area contributed by atoms with Gasteiger partial charge >= 0.3 is 5.97 Å². The Balaban J connectivity index is 1.73. The Morgan fingerprint density at radius 3 is 2.43 bits per heavy atom. The highest BCUT2D eigenvalue weighted by Gasteiger charge is 2.36. The second-order valence-corrected chi connectivity index (χ2v) is 4.71. The summed E-state index contributed by atoms with van der Waals surface area (Å²) in [6.45, 7) is 0.910. The smallest absolute Gasteiger partial charge is 0.320 e. The Morgan fingerprint density at radius 2 is 1.93 bits per heavy atom. The fourth-order valence-corrected chi connectivity index (χ4v) is 2.39. The molecule has 2 aliphatic carbocycles. The van der Waals surface area contributed by atoms with Gasteiger partial charge in [0.2, 0.25) is 0 Å². The van der Waals surface area contributed by atoms with Gasteiger partial charge in [0.05, 0.1) is 0 Å². The van der Waals surface area contributed by atoms with Crippen LogP contribution in [-0.4, -0.2) is 23.7 Å². The number of carboxylic acid groups (broad SMARTS) is 1. The molecule has 2 fully saturated rings. The summed E-state index contributed by atoms with van der Waals surface area (Å²) in [6.07, 6.45) is 7.40. The first-order chi connectivity index (χ1) is 6.77. The summed E-state index contributed by atoms with van der Waals surface area (Å²) in [5.41, 5.74) is 0. The van der Waals surface area contributed by atoms with Crippen molar-refractivity contribution in [2.24, 2.45) is 11.8 Å². The van der Waals surface area contributed by atoms with Crippen molar-refractivity contribution in [3.63, 3.8) is 0 Å². The van der Waals surface area contributed by atoms with Crippen LogP contribution in [0.25, 0.3) is 0 Å². The van der Waals surface area contributed by atoms with Gasteiger partial charge in [-0.1, -0.05) is 12.8 Å². The SMILES string of the molecule is O=C(O)C(NCC1CCCC1)C1CC1. The van der Waals surface area contributed by atoms with Crippen LogP contribution in [-0.2, 0) is 4.79 Å². The first-order valence-corrected chi connectivity index (χ1v) is 5.73. The minimum absolute atomic E-state index is 0.268. The van der Waals surface area contributed by atoms with Gasteiger partial charge in [0, 0.05) is 0 Å². The number of rotatable bonds is 5. The zero-order valence-corrected chi connectivity index (χ0v) is 8.54. The number of hydrogen-bond acceptors (Lipinski definition) is 2. The van der Waals surface area contributed by atoms with E-state index in [4.69, 9.17) is 5.11 Å². The second kappa shape index (κ2) is 4.30. The van der Waals surface area contributed by atoms with Gasteiger partial charge in [0.15, 0.2) is 0 Å². The summed E-state index contributed by atoms with van der Waals surface area (Å²) >= 11 is 0. The molecule has 0 radical (unpaired) electrons. The van der Waals surface area contributed by atoms with Gasteiger partial charge in [-0.2, -0.15) is 0 Å². The van der Waals surface area contributed by atoms with Crippen molar-refractivity contribution in [2.75, 3.05) is 6.54 Å². The van der Waals surface area contributed by atoms with Crippen LogP contribution >= 0.6 is 0 Å².